The molecule has 0 atom stereocenters. The minimum atomic E-state index is -0.740. The minimum Gasteiger partial charge on any atom is -0.490 e. The van der Waals surface area contributed by atoms with Crippen LogP contribution in [0.2, 0.25) is 0 Å². The van der Waals surface area contributed by atoms with Crippen molar-refractivity contribution in [1.82, 2.24) is 24.8 Å². The minimum absolute atomic E-state index is 0.127. The first kappa shape index (κ1) is 19.8. The topological polar surface area (TPSA) is 158 Å². The normalized spacial score (nSPS) is 11.1. The maximum atomic E-state index is 12.7. The summed E-state index contributed by atoms with van der Waals surface area (Å²) in [7, 11) is 0. The number of nitrogen functional groups attached to an aromatic ring is 2. The van der Waals surface area contributed by atoms with Gasteiger partial charge in [-0.1, -0.05) is 6.07 Å². The van der Waals surface area contributed by atoms with Crippen LogP contribution in [0.4, 0.5) is 5.69 Å². The van der Waals surface area contributed by atoms with Gasteiger partial charge in [-0.25, -0.2) is 15.0 Å². The number of ether oxygens (including phenoxy) is 1. The van der Waals surface area contributed by atoms with Crippen LogP contribution in [-0.4, -0.2) is 43.4 Å². The largest absolute Gasteiger partial charge is 0.490 e. The summed E-state index contributed by atoms with van der Waals surface area (Å²) in [5.74, 6) is 0.161. The van der Waals surface area contributed by atoms with Gasteiger partial charge in [0.25, 0.3) is 5.91 Å². The van der Waals surface area contributed by atoms with E-state index in [1.807, 2.05) is 13.8 Å². The molecule has 0 radical (unpaired) electrons. The van der Waals surface area contributed by atoms with E-state index < -0.39 is 5.54 Å². The predicted molar refractivity (Wildman–Crippen MR) is 108 cm³/mol. The summed E-state index contributed by atoms with van der Waals surface area (Å²) in [6.07, 6.45) is 6.34. The van der Waals surface area contributed by atoms with Gasteiger partial charge in [0.1, 0.15) is 30.2 Å². The fourth-order valence-corrected chi connectivity index (χ4v) is 2.60. The number of imidazole rings is 1. The highest BCUT2D eigenvalue weighted by atomic mass is 16.5. The number of hydrogen-bond acceptors (Lipinski definition) is 7. The summed E-state index contributed by atoms with van der Waals surface area (Å²) in [5, 5.41) is 10.6. The van der Waals surface area contributed by atoms with Gasteiger partial charge in [-0.15, -0.1) is 0 Å². The second-order valence-corrected chi connectivity index (χ2v) is 6.97. The molecular formula is C19H22N8O2. The number of nitrogens with two attached hydrogens (primary N) is 2. The first-order chi connectivity index (χ1) is 13.8. The van der Waals surface area contributed by atoms with Gasteiger partial charge in [0.05, 0.1) is 11.1 Å². The number of amides is 1. The van der Waals surface area contributed by atoms with Crippen molar-refractivity contribution in [2.75, 3.05) is 12.3 Å². The Morgan fingerprint density at radius 3 is 2.79 bits per heavy atom. The van der Waals surface area contributed by atoms with Crippen molar-refractivity contribution in [3.8, 4) is 11.7 Å². The molecule has 0 aliphatic rings. The van der Waals surface area contributed by atoms with E-state index in [1.54, 1.807) is 41.5 Å². The van der Waals surface area contributed by atoms with Gasteiger partial charge in [-0.3, -0.25) is 14.8 Å². The second kappa shape index (κ2) is 7.97. The number of anilines is 1. The SMILES string of the molecule is CC(C)(COc1cccc(N)c1C(=N)N)NC(=O)c1ccnc(-n2ccnc2)n1. The summed E-state index contributed by atoms with van der Waals surface area (Å²) in [5.41, 5.74) is 11.6. The van der Waals surface area contributed by atoms with Crippen LogP contribution in [-0.2, 0) is 0 Å². The van der Waals surface area contributed by atoms with Gasteiger partial charge in [0.2, 0.25) is 5.95 Å². The molecule has 3 rings (SSSR count). The average Bonchev–Trinajstić information content (AvgIpc) is 3.21. The summed E-state index contributed by atoms with van der Waals surface area (Å²) in [4.78, 5) is 25.0. The summed E-state index contributed by atoms with van der Waals surface area (Å²) < 4.78 is 7.41. The molecule has 0 bridgehead atoms. The Labute approximate surface area is 167 Å². The van der Waals surface area contributed by atoms with Crippen molar-refractivity contribution >= 4 is 17.4 Å². The lowest BCUT2D eigenvalue weighted by Gasteiger charge is -2.27. The molecule has 1 amide bonds. The van der Waals surface area contributed by atoms with Crippen molar-refractivity contribution in [2.24, 2.45) is 5.73 Å². The van der Waals surface area contributed by atoms with E-state index in [1.165, 1.54) is 12.3 Å². The first-order valence-corrected chi connectivity index (χ1v) is 8.76. The van der Waals surface area contributed by atoms with Gasteiger partial charge in [0.15, 0.2) is 0 Å². The van der Waals surface area contributed by atoms with Crippen LogP contribution in [0.15, 0.2) is 49.2 Å². The van der Waals surface area contributed by atoms with Crippen LogP contribution in [0.1, 0.15) is 29.9 Å². The molecule has 10 heteroatoms. The Balaban J connectivity index is 1.70. The third kappa shape index (κ3) is 4.67. The lowest BCUT2D eigenvalue weighted by molar-refractivity contribution is 0.0875. The molecule has 0 unspecified atom stereocenters. The quantitative estimate of drug-likeness (QED) is 0.265. The number of benzene rings is 1. The van der Waals surface area contributed by atoms with Gasteiger partial charge < -0.3 is 21.5 Å². The van der Waals surface area contributed by atoms with Gasteiger partial charge in [0, 0.05) is 24.3 Å². The fourth-order valence-electron chi connectivity index (χ4n) is 2.60. The number of nitrogens with one attached hydrogen (secondary N) is 2. The monoisotopic (exact) mass is 394 g/mol. The molecule has 1 aromatic carbocycles. The van der Waals surface area contributed by atoms with Crippen molar-refractivity contribution in [1.29, 1.82) is 5.41 Å². The summed E-state index contributed by atoms with van der Waals surface area (Å²) in [6.45, 7) is 3.74. The molecule has 0 saturated carbocycles. The molecule has 10 nitrogen and oxygen atoms in total. The van der Waals surface area contributed by atoms with E-state index in [0.717, 1.165) is 0 Å². The standard InChI is InChI=1S/C19H22N8O2/c1-19(2,10-29-14-5-3-4-12(20)15(14)16(21)22)26-17(28)13-6-7-24-18(25-13)27-9-8-23-11-27/h3-9,11H,10,20H2,1-2H3,(H3,21,22)(H,26,28). The van der Waals surface area contributed by atoms with Crippen molar-refractivity contribution in [3.05, 3.63) is 60.4 Å². The van der Waals surface area contributed by atoms with Crippen LogP contribution in [0.25, 0.3) is 5.95 Å². The zero-order chi connectivity index (χ0) is 21.0. The molecule has 0 aliphatic heterocycles. The Morgan fingerprint density at radius 2 is 2.10 bits per heavy atom. The lowest BCUT2D eigenvalue weighted by atomic mass is 10.1. The Hall–Kier alpha value is -3.95. The van der Waals surface area contributed by atoms with Crippen molar-refractivity contribution in [2.45, 2.75) is 19.4 Å². The second-order valence-electron chi connectivity index (χ2n) is 6.97. The number of aromatic nitrogens is 4. The average molecular weight is 394 g/mol. The third-order valence-corrected chi connectivity index (χ3v) is 3.98. The van der Waals surface area contributed by atoms with E-state index >= 15 is 0 Å². The molecule has 29 heavy (non-hydrogen) atoms. The van der Waals surface area contributed by atoms with Crippen LogP contribution in [0.3, 0.4) is 0 Å². The van der Waals surface area contributed by atoms with E-state index in [0.29, 0.717) is 22.9 Å². The maximum absolute atomic E-state index is 12.7. The zero-order valence-electron chi connectivity index (χ0n) is 16.1. The number of amidine groups is 1. The molecule has 0 saturated heterocycles. The molecule has 0 fully saturated rings. The molecule has 2 aromatic heterocycles. The van der Waals surface area contributed by atoms with Crippen molar-refractivity contribution < 1.29 is 9.53 Å². The highest BCUT2D eigenvalue weighted by molar-refractivity contribution is 6.02. The van der Waals surface area contributed by atoms with Crippen LogP contribution in [0.5, 0.6) is 5.75 Å². The molecule has 0 aliphatic carbocycles. The lowest BCUT2D eigenvalue weighted by Crippen LogP contribution is -2.48. The molecule has 150 valence electrons. The van der Waals surface area contributed by atoms with Crippen molar-refractivity contribution in [3.63, 3.8) is 0 Å². The molecule has 6 N–H and O–H groups in total. The number of rotatable bonds is 7. The van der Waals surface area contributed by atoms with E-state index in [9.17, 15) is 4.79 Å². The van der Waals surface area contributed by atoms with Crippen LogP contribution < -0.4 is 21.5 Å². The smallest absolute Gasteiger partial charge is 0.270 e. The highest BCUT2D eigenvalue weighted by Gasteiger charge is 2.24. The van der Waals surface area contributed by atoms with E-state index in [4.69, 9.17) is 21.6 Å². The first-order valence-electron chi connectivity index (χ1n) is 8.76. The Morgan fingerprint density at radius 1 is 1.31 bits per heavy atom. The highest BCUT2D eigenvalue weighted by Crippen LogP contribution is 2.24. The molecule has 2 heterocycles. The molecule has 0 spiro atoms. The van der Waals surface area contributed by atoms with E-state index in [-0.39, 0.29) is 24.0 Å². The number of hydrogen-bond donors (Lipinski definition) is 4. The predicted octanol–water partition coefficient (Wildman–Crippen LogP) is 1.12. The number of carbonyl (C=O) groups excluding carboxylic acids is 1. The Kier molecular flexibility index (Phi) is 5.44. The van der Waals surface area contributed by atoms with Gasteiger partial charge in [-0.2, -0.15) is 0 Å². The Bertz CT molecular complexity index is 1030. The summed E-state index contributed by atoms with van der Waals surface area (Å²) >= 11 is 0. The van der Waals surface area contributed by atoms with E-state index in [2.05, 4.69) is 20.3 Å². The zero-order valence-corrected chi connectivity index (χ0v) is 16.1. The molecule has 3 aromatic rings. The maximum Gasteiger partial charge on any atom is 0.270 e. The number of carbonyl (C=O) groups is 1. The fraction of sp³-hybridized carbons (Fsp3) is 0.211. The summed E-state index contributed by atoms with van der Waals surface area (Å²) in [6, 6.07) is 6.55. The molecular weight excluding hydrogens is 372 g/mol. The van der Waals surface area contributed by atoms with Gasteiger partial charge in [-0.05, 0) is 32.0 Å². The third-order valence-electron chi connectivity index (χ3n) is 3.98. The van der Waals surface area contributed by atoms with Gasteiger partial charge >= 0.3 is 0 Å². The number of nitrogens with zero attached hydrogens (tertiary/aromatic N) is 4. The van der Waals surface area contributed by atoms with Crippen LogP contribution in [0, 0.1) is 5.41 Å². The van der Waals surface area contributed by atoms with Crippen LogP contribution >= 0.6 is 0 Å².